The molecular weight excluding hydrogens is 526 g/mol. The molecule has 2 aliphatic heterocycles. The number of hydrogen-bond donors (Lipinski definition) is 3. The molecule has 0 radical (unpaired) electrons. The third-order valence-electron chi connectivity index (χ3n) is 10.0. The van der Waals surface area contributed by atoms with E-state index >= 15 is 0 Å². The molecule has 5 rings (SSSR count). The highest BCUT2D eigenvalue weighted by molar-refractivity contribution is 6.30. The number of carbonyl (C=O) groups excluding carboxylic acids is 3. The molecule has 2 heterocycles. The molecule has 4 aliphatic rings. The third-order valence-corrected chi connectivity index (χ3v) is 10.3. The Kier molecular flexibility index (Phi) is 9.69. The first-order valence-electron chi connectivity index (χ1n) is 15.4. The van der Waals surface area contributed by atoms with Crippen molar-refractivity contribution >= 4 is 29.3 Å². The van der Waals surface area contributed by atoms with Crippen LogP contribution in [-0.2, 0) is 20.8 Å². The van der Waals surface area contributed by atoms with Gasteiger partial charge in [0.1, 0.15) is 12.1 Å². The van der Waals surface area contributed by atoms with Crippen LogP contribution in [0.3, 0.4) is 0 Å². The van der Waals surface area contributed by atoms with Crippen LogP contribution in [0, 0.1) is 11.3 Å². The summed E-state index contributed by atoms with van der Waals surface area (Å²) in [4.78, 5) is 45.1. The van der Waals surface area contributed by atoms with Gasteiger partial charge in [-0.2, -0.15) is 0 Å². The first-order valence-corrected chi connectivity index (χ1v) is 15.8. The summed E-state index contributed by atoms with van der Waals surface area (Å²) < 4.78 is 0. The van der Waals surface area contributed by atoms with E-state index in [-0.39, 0.29) is 23.8 Å². The van der Waals surface area contributed by atoms with Crippen molar-refractivity contribution in [1.82, 2.24) is 25.8 Å². The van der Waals surface area contributed by atoms with Crippen LogP contribution >= 0.6 is 11.6 Å². The molecule has 0 spiro atoms. The van der Waals surface area contributed by atoms with Gasteiger partial charge in [0, 0.05) is 50.2 Å². The van der Waals surface area contributed by atoms with Crippen molar-refractivity contribution in [2.75, 3.05) is 39.8 Å². The highest BCUT2D eigenvalue weighted by Crippen LogP contribution is 2.46. The topological polar surface area (TPSA) is 93.8 Å². The van der Waals surface area contributed by atoms with E-state index in [4.69, 9.17) is 11.6 Å². The Balaban J connectivity index is 1.30. The van der Waals surface area contributed by atoms with Crippen molar-refractivity contribution < 1.29 is 14.4 Å². The van der Waals surface area contributed by atoms with Gasteiger partial charge in [0.2, 0.25) is 17.7 Å². The van der Waals surface area contributed by atoms with E-state index in [1.807, 2.05) is 41.1 Å². The molecule has 3 N–H and O–H groups in total. The van der Waals surface area contributed by atoms with Crippen molar-refractivity contribution in [3.8, 4) is 0 Å². The number of piperazine rings is 1. The lowest BCUT2D eigenvalue weighted by molar-refractivity contribution is -0.147. The molecule has 3 amide bonds. The van der Waals surface area contributed by atoms with Gasteiger partial charge in [0.25, 0.3) is 0 Å². The quantitative estimate of drug-likeness (QED) is 0.446. The number of halogens is 1. The number of carbonyl (C=O) groups is 3. The number of nitrogens with zero attached hydrogens (tertiary/aromatic N) is 2. The molecule has 0 bridgehead atoms. The number of likely N-dealkylation sites (tertiary alicyclic amines) is 1. The molecular formula is C31H46ClN5O3. The predicted molar refractivity (Wildman–Crippen MR) is 157 cm³/mol. The highest BCUT2D eigenvalue weighted by Gasteiger charge is 2.49. The number of amides is 3. The first kappa shape index (κ1) is 29.3. The van der Waals surface area contributed by atoms with Gasteiger partial charge in [-0.1, -0.05) is 43.0 Å². The summed E-state index contributed by atoms with van der Waals surface area (Å²) in [5.41, 5.74) is 0.560. The molecule has 0 aromatic heterocycles. The Hall–Kier alpha value is -2.16. The molecule has 2 aliphatic carbocycles. The molecule has 0 unspecified atom stereocenters. The van der Waals surface area contributed by atoms with E-state index in [2.05, 4.69) is 16.0 Å². The van der Waals surface area contributed by atoms with Crippen molar-refractivity contribution in [2.24, 2.45) is 11.3 Å². The summed E-state index contributed by atoms with van der Waals surface area (Å²) in [5, 5.41) is 10.4. The summed E-state index contributed by atoms with van der Waals surface area (Å²) in [7, 11) is 1.95. The molecule has 8 nitrogen and oxygen atoms in total. The fourth-order valence-corrected chi connectivity index (χ4v) is 7.25. The van der Waals surface area contributed by atoms with Crippen LogP contribution in [0.4, 0.5) is 0 Å². The van der Waals surface area contributed by atoms with Gasteiger partial charge >= 0.3 is 0 Å². The zero-order valence-electron chi connectivity index (χ0n) is 23.9. The second-order valence-electron chi connectivity index (χ2n) is 12.5. The second-order valence-corrected chi connectivity index (χ2v) is 12.9. The van der Waals surface area contributed by atoms with E-state index in [1.165, 1.54) is 25.7 Å². The van der Waals surface area contributed by atoms with Gasteiger partial charge in [0.15, 0.2) is 0 Å². The fourth-order valence-electron chi connectivity index (χ4n) is 7.13. The number of rotatable bonds is 8. The van der Waals surface area contributed by atoms with Gasteiger partial charge in [0.05, 0.1) is 5.41 Å². The summed E-state index contributed by atoms with van der Waals surface area (Å²) in [5.74, 6) is 0.411. The molecule has 1 aromatic carbocycles. The van der Waals surface area contributed by atoms with Crippen LogP contribution in [0.25, 0.3) is 0 Å². The number of likely N-dealkylation sites (N-methyl/N-ethyl adjacent to an activating group) is 1. The smallest absolute Gasteiger partial charge is 0.245 e. The molecule has 4 fully saturated rings. The number of piperidine rings is 1. The Morgan fingerprint density at radius 1 is 1.00 bits per heavy atom. The first-order chi connectivity index (χ1) is 19.4. The van der Waals surface area contributed by atoms with Crippen LogP contribution < -0.4 is 16.0 Å². The molecule has 1 aromatic rings. The maximum Gasteiger partial charge on any atom is 0.245 e. The standard InChI is InChI=1S/C31H46ClN5O3/c1-36-19-16-33-21-27(36)28(38)35-26(20-22-10-12-24(32)13-11-22)29(39)37-17-14-31(15-18-37,23-6-3-2-4-7-23)30(40)34-25-8-5-9-25/h10-13,23,25-27,33H,2-9,14-21H2,1H3,(H,34,40)(H,35,38)/t26-,27+/m1/s1. The average molecular weight is 572 g/mol. The molecule has 2 atom stereocenters. The van der Waals surface area contributed by atoms with E-state index in [9.17, 15) is 14.4 Å². The Labute approximate surface area is 243 Å². The fraction of sp³-hybridized carbons (Fsp3) is 0.710. The Morgan fingerprint density at radius 3 is 2.33 bits per heavy atom. The van der Waals surface area contributed by atoms with Crippen LogP contribution in [0.1, 0.15) is 69.8 Å². The zero-order valence-corrected chi connectivity index (χ0v) is 24.7. The van der Waals surface area contributed by atoms with E-state index in [0.717, 1.165) is 44.3 Å². The van der Waals surface area contributed by atoms with E-state index in [0.29, 0.717) is 55.9 Å². The van der Waals surface area contributed by atoms with E-state index in [1.54, 1.807) is 0 Å². The third kappa shape index (κ3) is 6.66. The maximum absolute atomic E-state index is 14.0. The monoisotopic (exact) mass is 571 g/mol. The lowest BCUT2D eigenvalue weighted by Gasteiger charge is -2.48. The second kappa shape index (κ2) is 13.2. The SMILES string of the molecule is CN1CCNC[C@H]1C(=O)N[C@H](Cc1ccc(Cl)cc1)C(=O)N1CCC(C(=O)NC2CCC2)(C2CCCCC2)CC1. The van der Waals surface area contributed by atoms with Crippen LogP contribution in [-0.4, -0.2) is 85.4 Å². The van der Waals surface area contributed by atoms with Gasteiger partial charge in [-0.15, -0.1) is 0 Å². The van der Waals surface area contributed by atoms with Crippen LogP contribution in [0.15, 0.2) is 24.3 Å². The lowest BCUT2D eigenvalue weighted by atomic mass is 9.63. The minimum absolute atomic E-state index is 0.0635. The molecule has 2 saturated heterocycles. The molecule has 220 valence electrons. The van der Waals surface area contributed by atoms with Crippen molar-refractivity contribution in [2.45, 2.75) is 88.8 Å². The molecule has 9 heteroatoms. The van der Waals surface area contributed by atoms with Crippen LogP contribution in [0.2, 0.25) is 5.02 Å². The van der Waals surface area contributed by atoms with Crippen molar-refractivity contribution in [3.63, 3.8) is 0 Å². The largest absolute Gasteiger partial charge is 0.353 e. The molecule has 2 saturated carbocycles. The highest BCUT2D eigenvalue weighted by atomic mass is 35.5. The van der Waals surface area contributed by atoms with Crippen molar-refractivity contribution in [1.29, 1.82) is 0 Å². The van der Waals surface area contributed by atoms with Crippen LogP contribution in [0.5, 0.6) is 0 Å². The zero-order chi connectivity index (χ0) is 28.1. The average Bonchev–Trinajstić information content (AvgIpc) is 2.96. The minimum atomic E-state index is -0.671. The summed E-state index contributed by atoms with van der Waals surface area (Å²) in [6, 6.07) is 6.80. The predicted octanol–water partition coefficient (Wildman–Crippen LogP) is 3.13. The summed E-state index contributed by atoms with van der Waals surface area (Å²) in [6.07, 6.45) is 11.0. The summed E-state index contributed by atoms with van der Waals surface area (Å²) >= 11 is 6.11. The summed E-state index contributed by atoms with van der Waals surface area (Å²) in [6.45, 7) is 3.29. The Morgan fingerprint density at radius 2 is 1.70 bits per heavy atom. The van der Waals surface area contributed by atoms with Gasteiger partial charge in [-0.25, -0.2) is 0 Å². The van der Waals surface area contributed by atoms with E-state index < -0.39 is 11.5 Å². The number of benzene rings is 1. The van der Waals surface area contributed by atoms with Gasteiger partial charge in [-0.3, -0.25) is 19.3 Å². The normalized spacial score (nSPS) is 25.1. The lowest BCUT2D eigenvalue weighted by Crippen LogP contribution is -2.61. The minimum Gasteiger partial charge on any atom is -0.353 e. The number of hydrogen-bond acceptors (Lipinski definition) is 5. The Bertz CT molecular complexity index is 1030. The number of nitrogens with one attached hydrogen (secondary N) is 3. The molecule has 40 heavy (non-hydrogen) atoms. The maximum atomic E-state index is 14.0. The van der Waals surface area contributed by atoms with Gasteiger partial charge in [-0.05, 0) is 75.6 Å². The van der Waals surface area contributed by atoms with Gasteiger partial charge < -0.3 is 20.9 Å². The van der Waals surface area contributed by atoms with Crippen molar-refractivity contribution in [3.05, 3.63) is 34.9 Å².